The normalized spacial score (nSPS) is 12.6. The van der Waals surface area contributed by atoms with Crippen LogP contribution in [0, 0.1) is 0 Å². The van der Waals surface area contributed by atoms with Gasteiger partial charge in [-0.2, -0.15) is 0 Å². The Morgan fingerprint density at radius 1 is 1.24 bits per heavy atom. The maximum absolute atomic E-state index is 10.5. The second-order valence-electron chi connectivity index (χ2n) is 6.13. The van der Waals surface area contributed by atoms with Gasteiger partial charge in [0.05, 0.1) is 17.1 Å². The summed E-state index contributed by atoms with van der Waals surface area (Å²) < 4.78 is 6.69. The molecule has 0 bridgehead atoms. The third-order valence-electron chi connectivity index (χ3n) is 4.18. The first-order valence-electron chi connectivity index (χ1n) is 8.82. The van der Waals surface area contributed by atoms with E-state index in [-0.39, 0.29) is 24.0 Å². The van der Waals surface area contributed by atoms with E-state index < -0.39 is 6.10 Å². The standard InChI is InChI=1S/C20H20N4O2S2.HI/c1-21-20(22-10-14-12-26-19(24-14)17-7-4-8-27-17)23-11-15(25)18-9-13-5-2-3-6-16(13)28-18;/h2-9,12,15,25H,10-11H2,1H3,(H2,21,22,23);1H. The lowest BCUT2D eigenvalue weighted by Crippen LogP contribution is -2.38. The lowest BCUT2D eigenvalue weighted by molar-refractivity contribution is 0.184. The van der Waals surface area contributed by atoms with Crippen LogP contribution >= 0.6 is 46.7 Å². The fraction of sp³-hybridized carbons (Fsp3) is 0.200. The van der Waals surface area contributed by atoms with Gasteiger partial charge in [0.2, 0.25) is 5.89 Å². The zero-order chi connectivity index (χ0) is 19.3. The van der Waals surface area contributed by atoms with Crippen molar-refractivity contribution in [3.8, 4) is 10.8 Å². The highest BCUT2D eigenvalue weighted by molar-refractivity contribution is 14.0. The number of nitrogens with zero attached hydrogens (tertiary/aromatic N) is 2. The highest BCUT2D eigenvalue weighted by Gasteiger charge is 2.13. The Hall–Kier alpha value is -1.95. The third kappa shape index (κ3) is 5.35. The molecule has 0 aliphatic heterocycles. The fourth-order valence-electron chi connectivity index (χ4n) is 2.76. The summed E-state index contributed by atoms with van der Waals surface area (Å²) in [5, 5.41) is 20.0. The van der Waals surface area contributed by atoms with Crippen molar-refractivity contribution in [3.05, 3.63) is 64.7 Å². The lowest BCUT2D eigenvalue weighted by atomic mass is 10.2. The Morgan fingerprint density at radius 2 is 2.10 bits per heavy atom. The molecule has 6 nitrogen and oxygen atoms in total. The first-order valence-corrected chi connectivity index (χ1v) is 10.5. The minimum absolute atomic E-state index is 0. The molecule has 0 radical (unpaired) electrons. The van der Waals surface area contributed by atoms with E-state index in [2.05, 4.69) is 32.7 Å². The van der Waals surface area contributed by atoms with Crippen molar-refractivity contribution in [1.82, 2.24) is 15.6 Å². The fourth-order valence-corrected chi connectivity index (χ4v) is 4.46. The highest BCUT2D eigenvalue weighted by Crippen LogP contribution is 2.29. The summed E-state index contributed by atoms with van der Waals surface area (Å²) in [5.74, 6) is 1.22. The molecule has 4 aromatic rings. The molecule has 0 aliphatic rings. The summed E-state index contributed by atoms with van der Waals surface area (Å²) in [5.41, 5.74) is 0.788. The first kappa shape index (κ1) is 21.8. The van der Waals surface area contributed by atoms with Gasteiger partial charge in [-0.3, -0.25) is 4.99 Å². The summed E-state index contributed by atoms with van der Waals surface area (Å²) in [6.07, 6.45) is 1.04. The largest absolute Gasteiger partial charge is 0.443 e. The Bertz CT molecular complexity index is 1040. The molecule has 3 heterocycles. The van der Waals surface area contributed by atoms with E-state index in [9.17, 15) is 5.11 Å². The molecule has 1 aromatic carbocycles. The molecule has 0 saturated carbocycles. The van der Waals surface area contributed by atoms with Gasteiger partial charge in [0, 0.05) is 23.2 Å². The predicted octanol–water partition coefficient (Wildman–Crippen LogP) is 4.63. The number of thiophene rings is 2. The molecule has 9 heteroatoms. The lowest BCUT2D eigenvalue weighted by Gasteiger charge is -2.14. The van der Waals surface area contributed by atoms with Gasteiger partial charge in [-0.25, -0.2) is 4.98 Å². The smallest absolute Gasteiger partial charge is 0.236 e. The van der Waals surface area contributed by atoms with Crippen molar-refractivity contribution in [3.63, 3.8) is 0 Å². The first-order chi connectivity index (χ1) is 13.7. The van der Waals surface area contributed by atoms with E-state index in [0.29, 0.717) is 24.9 Å². The van der Waals surface area contributed by atoms with E-state index in [4.69, 9.17) is 4.42 Å². The topological polar surface area (TPSA) is 82.7 Å². The predicted molar refractivity (Wildman–Crippen MR) is 130 cm³/mol. The number of halogens is 1. The van der Waals surface area contributed by atoms with Gasteiger partial charge < -0.3 is 20.2 Å². The monoisotopic (exact) mass is 540 g/mol. The molecule has 29 heavy (non-hydrogen) atoms. The summed E-state index contributed by atoms with van der Waals surface area (Å²) >= 11 is 3.19. The maximum atomic E-state index is 10.5. The minimum atomic E-state index is -0.603. The molecule has 3 aromatic heterocycles. The zero-order valence-electron chi connectivity index (χ0n) is 15.7. The second kappa shape index (κ2) is 10.2. The SMILES string of the molecule is CN=C(NCc1coc(-c2cccs2)n1)NCC(O)c1cc2ccccc2s1.I. The van der Waals surface area contributed by atoms with Crippen LogP contribution in [-0.2, 0) is 6.54 Å². The van der Waals surface area contributed by atoms with Gasteiger partial charge in [-0.1, -0.05) is 24.3 Å². The van der Waals surface area contributed by atoms with Crippen molar-refractivity contribution in [2.45, 2.75) is 12.6 Å². The van der Waals surface area contributed by atoms with Crippen LogP contribution < -0.4 is 10.6 Å². The molecule has 1 unspecified atom stereocenters. The van der Waals surface area contributed by atoms with E-state index >= 15 is 0 Å². The summed E-state index contributed by atoms with van der Waals surface area (Å²) in [6, 6.07) is 14.1. The number of rotatable bonds is 6. The van der Waals surface area contributed by atoms with Crippen LogP contribution in [0.4, 0.5) is 0 Å². The number of guanidine groups is 1. The van der Waals surface area contributed by atoms with Crippen LogP contribution in [0.2, 0.25) is 0 Å². The van der Waals surface area contributed by atoms with Gasteiger partial charge in [0.15, 0.2) is 5.96 Å². The molecular formula is C20H21IN4O2S2. The Labute approximate surface area is 193 Å². The molecule has 0 aliphatic carbocycles. The van der Waals surface area contributed by atoms with Gasteiger partial charge in [0.1, 0.15) is 12.4 Å². The summed E-state index contributed by atoms with van der Waals surface area (Å²) in [7, 11) is 1.70. The van der Waals surface area contributed by atoms with Crippen molar-refractivity contribution >= 4 is 62.7 Å². The summed E-state index contributed by atoms with van der Waals surface area (Å²) in [4.78, 5) is 10.6. The van der Waals surface area contributed by atoms with Crippen molar-refractivity contribution in [2.75, 3.05) is 13.6 Å². The zero-order valence-corrected chi connectivity index (χ0v) is 19.6. The number of hydrogen-bond donors (Lipinski definition) is 3. The number of benzene rings is 1. The molecule has 1 atom stereocenters. The molecular weight excluding hydrogens is 519 g/mol. The quantitative estimate of drug-likeness (QED) is 0.189. The molecule has 0 amide bonds. The van der Waals surface area contributed by atoms with E-state index in [1.807, 2.05) is 35.7 Å². The van der Waals surface area contributed by atoms with Crippen LogP contribution in [0.3, 0.4) is 0 Å². The number of nitrogens with one attached hydrogen (secondary N) is 2. The Morgan fingerprint density at radius 3 is 2.86 bits per heavy atom. The number of oxazole rings is 1. The van der Waals surface area contributed by atoms with E-state index in [1.165, 1.54) is 4.70 Å². The average molecular weight is 540 g/mol. The highest BCUT2D eigenvalue weighted by atomic mass is 127. The summed E-state index contributed by atoms with van der Waals surface area (Å²) in [6.45, 7) is 0.847. The molecule has 4 rings (SSSR count). The number of fused-ring (bicyclic) bond motifs is 1. The molecule has 152 valence electrons. The van der Waals surface area contributed by atoms with Crippen LogP contribution in [0.5, 0.6) is 0 Å². The van der Waals surface area contributed by atoms with Gasteiger partial charge in [0.25, 0.3) is 0 Å². The number of aliphatic imine (C=N–C) groups is 1. The van der Waals surface area contributed by atoms with Gasteiger partial charge >= 0.3 is 0 Å². The molecule has 3 N–H and O–H groups in total. The van der Waals surface area contributed by atoms with Crippen LogP contribution in [0.15, 0.2) is 63.5 Å². The Balaban J connectivity index is 0.00000240. The molecule has 0 saturated heterocycles. The number of aliphatic hydroxyl groups excluding tert-OH is 1. The van der Waals surface area contributed by atoms with E-state index in [0.717, 1.165) is 20.8 Å². The number of aromatic nitrogens is 1. The maximum Gasteiger partial charge on any atom is 0.236 e. The molecule has 0 fully saturated rings. The van der Waals surface area contributed by atoms with Gasteiger partial charge in [-0.05, 0) is 29.0 Å². The van der Waals surface area contributed by atoms with Crippen molar-refractivity contribution < 1.29 is 9.52 Å². The molecule has 0 spiro atoms. The van der Waals surface area contributed by atoms with E-state index in [1.54, 1.807) is 36.0 Å². The number of hydrogen-bond acceptors (Lipinski definition) is 6. The second-order valence-corrected chi connectivity index (χ2v) is 8.19. The van der Waals surface area contributed by atoms with Crippen LogP contribution in [0.25, 0.3) is 20.9 Å². The minimum Gasteiger partial charge on any atom is -0.443 e. The average Bonchev–Trinajstić information content (AvgIpc) is 3.47. The van der Waals surface area contributed by atoms with Crippen LogP contribution in [0.1, 0.15) is 16.7 Å². The van der Waals surface area contributed by atoms with Crippen LogP contribution in [-0.4, -0.2) is 29.6 Å². The third-order valence-corrected chi connectivity index (χ3v) is 6.26. The van der Waals surface area contributed by atoms with Crippen molar-refractivity contribution in [2.24, 2.45) is 4.99 Å². The van der Waals surface area contributed by atoms with Crippen molar-refractivity contribution in [1.29, 1.82) is 0 Å². The Kier molecular flexibility index (Phi) is 7.64. The van der Waals surface area contributed by atoms with Gasteiger partial charge in [-0.15, -0.1) is 46.7 Å². The number of aliphatic hydroxyl groups is 1.